The van der Waals surface area contributed by atoms with E-state index in [1.54, 1.807) is 33.3 Å². The second-order valence-electron chi connectivity index (χ2n) is 14.2. The van der Waals surface area contributed by atoms with Gasteiger partial charge in [-0.25, -0.2) is 15.2 Å². The van der Waals surface area contributed by atoms with Crippen molar-refractivity contribution in [1.29, 1.82) is 0 Å². The van der Waals surface area contributed by atoms with Crippen LogP contribution >= 0.6 is 0 Å². The first-order valence-electron chi connectivity index (χ1n) is 16.6. The van der Waals surface area contributed by atoms with E-state index in [4.69, 9.17) is 19.9 Å². The number of primary amides is 1. The van der Waals surface area contributed by atoms with E-state index in [1.165, 1.54) is 32.1 Å². The highest BCUT2D eigenvalue weighted by Gasteiger charge is 2.48. The Labute approximate surface area is 275 Å². The van der Waals surface area contributed by atoms with Gasteiger partial charge in [0.1, 0.15) is 31.0 Å². The first kappa shape index (κ1) is 34.4. The second-order valence-corrected chi connectivity index (χ2v) is 14.2. The molecule has 5 N–H and O–H groups in total. The van der Waals surface area contributed by atoms with Crippen LogP contribution in [0.25, 0.3) is 0 Å². The molecule has 256 valence electrons. The highest BCUT2D eigenvalue weighted by molar-refractivity contribution is 5.86. The highest BCUT2D eigenvalue weighted by atomic mass is 16.6. The fourth-order valence-electron chi connectivity index (χ4n) is 7.43. The van der Waals surface area contributed by atoms with Crippen LogP contribution in [-0.2, 0) is 48.4 Å². The van der Waals surface area contributed by atoms with E-state index < -0.39 is 41.6 Å². The predicted octanol–water partition coefficient (Wildman–Crippen LogP) is 3.12. The summed E-state index contributed by atoms with van der Waals surface area (Å²) < 4.78 is 19.2. The number of aromatic nitrogens is 2. The smallest absolute Gasteiger partial charge is 0.408 e. The lowest BCUT2D eigenvalue weighted by Crippen LogP contribution is -2.56. The van der Waals surface area contributed by atoms with Crippen molar-refractivity contribution in [1.82, 2.24) is 25.7 Å². The molecule has 4 fully saturated rings. The zero-order chi connectivity index (χ0) is 33.6. The minimum atomic E-state index is -1.11. The zero-order valence-corrected chi connectivity index (χ0v) is 27.5. The van der Waals surface area contributed by atoms with E-state index in [0.717, 1.165) is 17.4 Å². The maximum atomic E-state index is 13.6. The predicted molar refractivity (Wildman–Crippen MR) is 171 cm³/mol. The molecular formula is C34H48N6O7. The van der Waals surface area contributed by atoms with Crippen molar-refractivity contribution >= 4 is 23.9 Å². The van der Waals surface area contributed by atoms with Crippen LogP contribution in [0.3, 0.4) is 0 Å². The van der Waals surface area contributed by atoms with Gasteiger partial charge in [-0.1, -0.05) is 30.3 Å². The van der Waals surface area contributed by atoms with Crippen molar-refractivity contribution in [3.8, 4) is 0 Å². The lowest BCUT2D eigenvalue weighted by atomic mass is 9.55. The number of hydrazine groups is 1. The number of imidazole rings is 1. The number of amides is 3. The average Bonchev–Trinajstić information content (AvgIpc) is 3.45. The third kappa shape index (κ3) is 9.77. The Morgan fingerprint density at radius 3 is 2.32 bits per heavy atom. The van der Waals surface area contributed by atoms with E-state index in [2.05, 4.69) is 21.2 Å². The molecule has 4 aliphatic carbocycles. The van der Waals surface area contributed by atoms with E-state index in [1.807, 2.05) is 34.9 Å². The van der Waals surface area contributed by atoms with Gasteiger partial charge in [0.25, 0.3) is 5.91 Å². The Bertz CT molecular complexity index is 1360. The van der Waals surface area contributed by atoms with E-state index >= 15 is 0 Å². The number of carbonyl (C=O) groups is 4. The fourth-order valence-corrected chi connectivity index (χ4v) is 7.43. The summed E-state index contributed by atoms with van der Waals surface area (Å²) in [6, 6.07) is 6.95. The molecule has 4 saturated carbocycles. The second kappa shape index (κ2) is 15.3. The summed E-state index contributed by atoms with van der Waals surface area (Å²) in [7, 11) is 0. The van der Waals surface area contributed by atoms with Crippen LogP contribution in [0, 0.1) is 23.7 Å². The Morgan fingerprint density at radius 2 is 1.68 bits per heavy atom. The number of esters is 1. The molecule has 0 spiro atoms. The summed E-state index contributed by atoms with van der Waals surface area (Å²) in [6.45, 7) is 5.49. The molecular weight excluding hydrogens is 604 g/mol. The molecule has 47 heavy (non-hydrogen) atoms. The van der Waals surface area contributed by atoms with Crippen molar-refractivity contribution in [3.05, 3.63) is 54.1 Å². The van der Waals surface area contributed by atoms with Crippen LogP contribution in [0.5, 0.6) is 0 Å². The number of rotatable bonds is 15. The van der Waals surface area contributed by atoms with Crippen LogP contribution in [0.1, 0.15) is 77.0 Å². The number of hydrogen-bond acceptors (Lipinski definition) is 9. The first-order chi connectivity index (χ1) is 22.4. The van der Waals surface area contributed by atoms with E-state index in [-0.39, 0.29) is 32.0 Å². The fraction of sp³-hybridized carbons (Fsp3) is 0.618. The largest absolute Gasteiger partial charge is 0.460 e. The van der Waals surface area contributed by atoms with Gasteiger partial charge in [-0.05, 0) is 88.5 Å². The van der Waals surface area contributed by atoms with Gasteiger partial charge in [-0.15, -0.1) is 0 Å². The topological polar surface area (TPSA) is 176 Å². The molecule has 0 unspecified atom stereocenters. The molecule has 1 heterocycles. The monoisotopic (exact) mass is 652 g/mol. The number of alkyl carbamates (subject to hydrolysis) is 1. The first-order valence-corrected chi connectivity index (χ1v) is 16.6. The summed E-state index contributed by atoms with van der Waals surface area (Å²) in [4.78, 5) is 55.1. The third-order valence-corrected chi connectivity index (χ3v) is 9.32. The van der Waals surface area contributed by atoms with Gasteiger partial charge in [0.2, 0.25) is 5.91 Å². The van der Waals surface area contributed by atoms with Crippen LogP contribution in [0.2, 0.25) is 0 Å². The van der Waals surface area contributed by atoms with Crippen LogP contribution in [0.4, 0.5) is 4.79 Å². The number of carbonyl (C=O) groups excluding carboxylic acids is 4. The zero-order valence-electron chi connectivity index (χ0n) is 27.5. The van der Waals surface area contributed by atoms with Crippen molar-refractivity contribution in [2.75, 3.05) is 0 Å². The highest BCUT2D eigenvalue weighted by Crippen LogP contribution is 2.54. The SMILES string of the molecule is CC(C)(C)OC(=O)N[C@@H](Cc1cncn1COC1C2CC3CC(C2)CC1C3)C(=O)NN[C@@H](CCC(N)=O)C(=O)OCc1ccccc1. The summed E-state index contributed by atoms with van der Waals surface area (Å²) in [5, 5.41) is 2.65. The van der Waals surface area contributed by atoms with Gasteiger partial charge in [-0.2, -0.15) is 0 Å². The number of hydrogen-bond donors (Lipinski definition) is 4. The van der Waals surface area contributed by atoms with Crippen molar-refractivity contribution in [2.24, 2.45) is 29.4 Å². The molecule has 13 heteroatoms. The molecule has 3 amide bonds. The van der Waals surface area contributed by atoms with Crippen molar-refractivity contribution in [2.45, 2.75) is 109 Å². The Balaban J connectivity index is 1.22. The molecule has 4 aliphatic rings. The Morgan fingerprint density at radius 1 is 1.00 bits per heavy atom. The molecule has 0 saturated heterocycles. The number of nitrogens with one attached hydrogen (secondary N) is 3. The lowest BCUT2D eigenvalue weighted by Gasteiger charge is -2.53. The third-order valence-electron chi connectivity index (χ3n) is 9.32. The van der Waals surface area contributed by atoms with Crippen LogP contribution in [-0.4, -0.2) is 57.2 Å². The Kier molecular flexibility index (Phi) is 11.2. The Hall–Kier alpha value is -3.97. The van der Waals surface area contributed by atoms with Gasteiger partial charge >= 0.3 is 12.1 Å². The summed E-state index contributed by atoms with van der Waals surface area (Å²) >= 11 is 0. The van der Waals surface area contributed by atoms with Crippen LogP contribution in [0.15, 0.2) is 42.9 Å². The normalized spacial score (nSPS) is 24.3. The maximum Gasteiger partial charge on any atom is 0.408 e. The standard InChI is InChI=1S/C34H48N6O7/c1-34(2,3)47-33(44)37-28(31(42)39-38-27(9-10-29(35)41)32(43)45-18-21-7-5-4-6-8-21)16-26-17-36-19-40(26)20-46-30-24-12-22-11-23(14-24)15-25(30)13-22/h4-8,17,19,22-25,27-28,30,38H,9-16,18,20H2,1-3H3,(H2,35,41)(H,37,44)(H,39,42)/t22?,23?,24?,25?,27-,28-,30?/m0/s1. The van der Waals surface area contributed by atoms with Gasteiger partial charge in [-0.3, -0.25) is 19.8 Å². The molecule has 2 atom stereocenters. The molecule has 2 aromatic rings. The molecule has 13 nitrogen and oxygen atoms in total. The van der Waals surface area contributed by atoms with Gasteiger partial charge in [0.05, 0.1) is 12.4 Å². The minimum Gasteiger partial charge on any atom is -0.460 e. The van der Waals surface area contributed by atoms with Gasteiger partial charge in [0.15, 0.2) is 0 Å². The summed E-state index contributed by atoms with van der Waals surface area (Å²) in [5.41, 5.74) is 11.2. The van der Waals surface area contributed by atoms with Gasteiger partial charge in [0, 0.05) is 24.7 Å². The lowest BCUT2D eigenvalue weighted by molar-refractivity contribution is -0.148. The molecule has 1 aromatic carbocycles. The van der Waals surface area contributed by atoms with E-state index in [9.17, 15) is 19.2 Å². The van der Waals surface area contributed by atoms with E-state index in [0.29, 0.717) is 24.3 Å². The average molecular weight is 653 g/mol. The van der Waals surface area contributed by atoms with Crippen LogP contribution < -0.4 is 21.9 Å². The quantitative estimate of drug-likeness (QED) is 0.166. The summed E-state index contributed by atoms with van der Waals surface area (Å²) in [6.07, 6.45) is 9.02. The van der Waals surface area contributed by atoms with Gasteiger partial charge < -0.3 is 29.8 Å². The number of nitrogens with zero attached hydrogens (tertiary/aromatic N) is 2. The molecule has 4 bridgehead atoms. The molecule has 6 rings (SSSR count). The maximum absolute atomic E-state index is 13.6. The minimum absolute atomic E-state index is 0.0118. The summed E-state index contributed by atoms with van der Waals surface area (Å²) in [5.74, 6) is 0.963. The number of benzene rings is 1. The number of nitrogens with two attached hydrogens (primary N) is 1. The number of ether oxygens (including phenoxy) is 3. The molecule has 0 radical (unpaired) electrons. The van der Waals surface area contributed by atoms with Crippen molar-refractivity contribution in [3.63, 3.8) is 0 Å². The molecule has 0 aliphatic heterocycles. The molecule has 1 aromatic heterocycles. The van der Waals surface area contributed by atoms with Crippen molar-refractivity contribution < 1.29 is 33.4 Å².